The minimum atomic E-state index is 0.207. The van der Waals surface area contributed by atoms with Gasteiger partial charge in [0.15, 0.2) is 0 Å². The molecule has 0 amide bonds. The maximum absolute atomic E-state index is 6.34. The van der Waals surface area contributed by atoms with E-state index in [-0.39, 0.29) is 5.41 Å². The first-order valence-electron chi connectivity index (χ1n) is 7.34. The molecule has 106 valence electrons. The molecule has 1 aromatic carbocycles. The number of rotatable bonds is 4. The van der Waals surface area contributed by atoms with Crippen molar-refractivity contribution in [1.29, 1.82) is 0 Å². The zero-order chi connectivity index (χ0) is 14.2. The molecular weight excluding hydrogens is 234 g/mol. The standard InChI is InChI=1S/C17H27NO/c1-7-18-14-10-15(17(14,5)6)19-16-12(3)9-8-11(2)13(16)4/h8-9,14-15,18H,7,10H2,1-6H3. The molecule has 2 heteroatoms. The summed E-state index contributed by atoms with van der Waals surface area (Å²) in [4.78, 5) is 0. The van der Waals surface area contributed by atoms with Gasteiger partial charge in [-0.3, -0.25) is 0 Å². The maximum Gasteiger partial charge on any atom is 0.125 e. The van der Waals surface area contributed by atoms with Crippen LogP contribution in [0.2, 0.25) is 0 Å². The van der Waals surface area contributed by atoms with E-state index >= 15 is 0 Å². The Morgan fingerprint density at radius 2 is 1.84 bits per heavy atom. The molecule has 0 heterocycles. The predicted molar refractivity (Wildman–Crippen MR) is 80.9 cm³/mol. The molecule has 0 bridgehead atoms. The second kappa shape index (κ2) is 5.16. The third kappa shape index (κ3) is 2.51. The largest absolute Gasteiger partial charge is 0.489 e. The molecule has 0 saturated heterocycles. The number of nitrogens with one attached hydrogen (secondary N) is 1. The molecule has 1 aliphatic carbocycles. The molecular formula is C17H27NO. The summed E-state index contributed by atoms with van der Waals surface area (Å²) in [5, 5.41) is 3.55. The van der Waals surface area contributed by atoms with E-state index in [2.05, 4.69) is 59.0 Å². The lowest BCUT2D eigenvalue weighted by molar-refractivity contribution is -0.0547. The van der Waals surface area contributed by atoms with Crippen molar-refractivity contribution in [3.8, 4) is 5.75 Å². The molecule has 1 fully saturated rings. The summed E-state index contributed by atoms with van der Waals surface area (Å²) in [6, 6.07) is 4.91. The highest BCUT2D eigenvalue weighted by atomic mass is 16.5. The smallest absolute Gasteiger partial charge is 0.125 e. The van der Waals surface area contributed by atoms with Crippen molar-refractivity contribution < 1.29 is 4.74 Å². The Morgan fingerprint density at radius 1 is 1.21 bits per heavy atom. The van der Waals surface area contributed by atoms with Gasteiger partial charge in [-0.05, 0) is 44.0 Å². The summed E-state index contributed by atoms with van der Waals surface area (Å²) >= 11 is 0. The number of ether oxygens (including phenoxy) is 1. The Labute approximate surface area is 117 Å². The number of hydrogen-bond donors (Lipinski definition) is 1. The minimum absolute atomic E-state index is 0.207. The van der Waals surface area contributed by atoms with Crippen LogP contribution in [0.4, 0.5) is 0 Å². The van der Waals surface area contributed by atoms with Crippen LogP contribution in [0.3, 0.4) is 0 Å². The second-order valence-electron chi connectivity index (χ2n) is 6.43. The highest BCUT2D eigenvalue weighted by molar-refractivity contribution is 5.45. The third-order valence-electron chi connectivity index (χ3n) is 4.76. The summed E-state index contributed by atoms with van der Waals surface area (Å²) in [7, 11) is 0. The minimum Gasteiger partial charge on any atom is -0.489 e. The lowest BCUT2D eigenvalue weighted by Crippen LogP contribution is -2.62. The van der Waals surface area contributed by atoms with E-state index in [0.717, 1.165) is 18.7 Å². The van der Waals surface area contributed by atoms with E-state index in [1.54, 1.807) is 0 Å². The molecule has 2 rings (SSSR count). The normalized spacial score (nSPS) is 24.9. The van der Waals surface area contributed by atoms with Crippen LogP contribution in [0.15, 0.2) is 12.1 Å². The Balaban J connectivity index is 2.14. The van der Waals surface area contributed by atoms with Gasteiger partial charge in [0.2, 0.25) is 0 Å². The van der Waals surface area contributed by atoms with Crippen LogP contribution in [0, 0.1) is 26.2 Å². The van der Waals surface area contributed by atoms with Crippen LogP contribution in [-0.2, 0) is 0 Å². The zero-order valence-corrected chi connectivity index (χ0v) is 13.1. The van der Waals surface area contributed by atoms with Crippen molar-refractivity contribution in [1.82, 2.24) is 5.32 Å². The number of aryl methyl sites for hydroxylation is 2. The first-order chi connectivity index (χ1) is 8.87. The predicted octanol–water partition coefficient (Wildman–Crippen LogP) is 3.77. The Hall–Kier alpha value is -1.02. The molecule has 1 saturated carbocycles. The van der Waals surface area contributed by atoms with Gasteiger partial charge in [0.25, 0.3) is 0 Å². The van der Waals surface area contributed by atoms with Gasteiger partial charge in [0.05, 0.1) is 0 Å². The molecule has 2 atom stereocenters. The fourth-order valence-electron chi connectivity index (χ4n) is 2.93. The Morgan fingerprint density at radius 3 is 2.42 bits per heavy atom. The van der Waals surface area contributed by atoms with E-state index in [9.17, 15) is 0 Å². The highest BCUT2D eigenvalue weighted by Gasteiger charge is 2.49. The van der Waals surface area contributed by atoms with Crippen molar-refractivity contribution in [2.24, 2.45) is 5.41 Å². The van der Waals surface area contributed by atoms with Gasteiger partial charge in [-0.2, -0.15) is 0 Å². The van der Waals surface area contributed by atoms with Crippen LogP contribution in [-0.4, -0.2) is 18.7 Å². The second-order valence-corrected chi connectivity index (χ2v) is 6.43. The van der Waals surface area contributed by atoms with Gasteiger partial charge in [-0.25, -0.2) is 0 Å². The van der Waals surface area contributed by atoms with Gasteiger partial charge >= 0.3 is 0 Å². The molecule has 1 aromatic rings. The van der Waals surface area contributed by atoms with E-state index < -0.39 is 0 Å². The van der Waals surface area contributed by atoms with Gasteiger partial charge in [-0.15, -0.1) is 0 Å². The zero-order valence-electron chi connectivity index (χ0n) is 13.1. The van der Waals surface area contributed by atoms with Crippen LogP contribution in [0.1, 0.15) is 43.9 Å². The van der Waals surface area contributed by atoms with Crippen LogP contribution in [0.5, 0.6) is 5.75 Å². The average Bonchev–Trinajstić information content (AvgIpc) is 2.36. The molecule has 19 heavy (non-hydrogen) atoms. The lowest BCUT2D eigenvalue weighted by Gasteiger charge is -2.52. The van der Waals surface area contributed by atoms with Crippen molar-refractivity contribution in [2.75, 3.05) is 6.54 Å². The SMILES string of the molecule is CCNC1CC(Oc2c(C)ccc(C)c2C)C1(C)C. The molecule has 0 radical (unpaired) electrons. The topological polar surface area (TPSA) is 21.3 Å². The van der Waals surface area contributed by atoms with Gasteiger partial charge in [0.1, 0.15) is 11.9 Å². The van der Waals surface area contributed by atoms with Crippen LogP contribution >= 0.6 is 0 Å². The van der Waals surface area contributed by atoms with E-state index in [4.69, 9.17) is 4.74 Å². The highest BCUT2D eigenvalue weighted by Crippen LogP contribution is 2.44. The van der Waals surface area contributed by atoms with Crippen molar-refractivity contribution in [3.05, 3.63) is 28.8 Å². The monoisotopic (exact) mass is 261 g/mol. The molecule has 2 unspecified atom stereocenters. The van der Waals surface area contributed by atoms with Gasteiger partial charge in [0, 0.05) is 17.9 Å². The van der Waals surface area contributed by atoms with Gasteiger partial charge < -0.3 is 10.1 Å². The molecule has 0 aliphatic heterocycles. The molecule has 0 spiro atoms. The molecule has 1 N–H and O–H groups in total. The van der Waals surface area contributed by atoms with Crippen molar-refractivity contribution >= 4 is 0 Å². The Kier molecular flexibility index (Phi) is 3.91. The van der Waals surface area contributed by atoms with E-state index in [0.29, 0.717) is 12.1 Å². The summed E-state index contributed by atoms with van der Waals surface area (Å²) in [5.41, 5.74) is 4.04. The summed E-state index contributed by atoms with van der Waals surface area (Å²) in [6.45, 7) is 14.2. The van der Waals surface area contributed by atoms with Crippen LogP contribution < -0.4 is 10.1 Å². The first kappa shape index (κ1) is 14.4. The number of hydrogen-bond acceptors (Lipinski definition) is 2. The molecule has 1 aliphatic rings. The first-order valence-corrected chi connectivity index (χ1v) is 7.34. The number of benzene rings is 1. The van der Waals surface area contributed by atoms with E-state index in [1.807, 2.05) is 0 Å². The average molecular weight is 261 g/mol. The quantitative estimate of drug-likeness (QED) is 0.891. The lowest BCUT2D eigenvalue weighted by atomic mass is 9.64. The van der Waals surface area contributed by atoms with Crippen molar-refractivity contribution in [2.45, 2.75) is 60.1 Å². The fourth-order valence-corrected chi connectivity index (χ4v) is 2.93. The molecule has 0 aromatic heterocycles. The Bertz CT molecular complexity index is 465. The van der Waals surface area contributed by atoms with Crippen molar-refractivity contribution in [3.63, 3.8) is 0 Å². The van der Waals surface area contributed by atoms with Crippen LogP contribution in [0.25, 0.3) is 0 Å². The molecule has 2 nitrogen and oxygen atoms in total. The third-order valence-corrected chi connectivity index (χ3v) is 4.76. The summed E-state index contributed by atoms with van der Waals surface area (Å²) < 4.78 is 6.34. The van der Waals surface area contributed by atoms with E-state index in [1.165, 1.54) is 16.7 Å². The summed E-state index contributed by atoms with van der Waals surface area (Å²) in [5.74, 6) is 1.09. The van der Waals surface area contributed by atoms with Gasteiger partial charge in [-0.1, -0.05) is 32.9 Å². The fraction of sp³-hybridized carbons (Fsp3) is 0.647. The maximum atomic E-state index is 6.34. The summed E-state index contributed by atoms with van der Waals surface area (Å²) in [6.07, 6.45) is 1.42.